The molecule has 1 aromatic heterocycles. The third kappa shape index (κ3) is 2.82. The fraction of sp³-hybridized carbons (Fsp3) is 0.667. The molecule has 4 aliphatic rings. The Bertz CT molecular complexity index is 976. The minimum atomic E-state index is -5.27. The molecule has 0 saturated carbocycles. The second-order valence-electron chi connectivity index (χ2n) is 7.16. The minimum Gasteiger partial charge on any atom is -0.382 e. The van der Waals surface area contributed by atoms with Gasteiger partial charge in [-0.2, -0.15) is 4.31 Å². The molecule has 5 heterocycles. The van der Waals surface area contributed by atoms with Crippen LogP contribution in [0.25, 0.3) is 0 Å². The number of phosphoric ester groups is 1. The number of aliphatic hydroxyl groups is 2. The minimum absolute atomic E-state index is 0.134. The van der Waals surface area contributed by atoms with Gasteiger partial charge in [-0.3, -0.25) is 9.42 Å². The van der Waals surface area contributed by atoms with Crippen molar-refractivity contribution in [3.05, 3.63) is 6.33 Å². The summed E-state index contributed by atoms with van der Waals surface area (Å²) in [4.78, 5) is 38.8. The van der Waals surface area contributed by atoms with E-state index in [0.717, 1.165) is 0 Å². The number of phosphoric acid groups is 2. The van der Waals surface area contributed by atoms with Gasteiger partial charge in [0.2, 0.25) is 12.7 Å². The molecule has 0 aliphatic carbocycles. The van der Waals surface area contributed by atoms with Crippen LogP contribution in [-0.2, 0) is 22.3 Å². The van der Waals surface area contributed by atoms with Gasteiger partial charge in [0.1, 0.15) is 24.8 Å². The summed E-state index contributed by atoms with van der Waals surface area (Å²) in [5.41, 5.74) is 5.47. The molecule has 1 aromatic rings. The van der Waals surface area contributed by atoms with Crippen LogP contribution in [0.1, 0.15) is 0 Å². The van der Waals surface area contributed by atoms with E-state index in [1.54, 1.807) is 0 Å². The van der Waals surface area contributed by atoms with Crippen molar-refractivity contribution in [1.29, 1.82) is 0 Å². The first kappa shape index (κ1) is 19.6. The lowest BCUT2D eigenvalue weighted by Gasteiger charge is -2.23. The zero-order chi connectivity index (χ0) is 20.9. The van der Waals surface area contributed by atoms with Crippen LogP contribution in [0, 0.1) is 0 Å². The van der Waals surface area contributed by atoms with E-state index in [-0.39, 0.29) is 18.6 Å². The van der Waals surface area contributed by atoms with Gasteiger partial charge in [-0.05, 0) is 0 Å². The van der Waals surface area contributed by atoms with Crippen LogP contribution in [0.3, 0.4) is 0 Å². The van der Waals surface area contributed by atoms with Gasteiger partial charge in [-0.15, -0.1) is 0 Å². The number of rotatable bonds is 6. The molecule has 3 saturated heterocycles. The van der Waals surface area contributed by atoms with Gasteiger partial charge in [0.05, 0.1) is 6.54 Å². The van der Waals surface area contributed by atoms with E-state index in [9.17, 15) is 24.2 Å². The highest BCUT2D eigenvalue weighted by atomic mass is 31.3. The molecule has 1 unspecified atom stereocenters. The van der Waals surface area contributed by atoms with E-state index in [4.69, 9.17) is 15.5 Å². The van der Waals surface area contributed by atoms with E-state index in [2.05, 4.69) is 23.2 Å². The summed E-state index contributed by atoms with van der Waals surface area (Å²) in [6.45, 7) is 0.216. The van der Waals surface area contributed by atoms with Crippen molar-refractivity contribution in [2.24, 2.45) is 0 Å². The molecule has 4 aliphatic heterocycles. The Labute approximate surface area is 162 Å². The van der Waals surface area contributed by atoms with Crippen LogP contribution in [0.15, 0.2) is 6.33 Å². The molecule has 15 nitrogen and oxygen atoms in total. The topological polar surface area (TPSA) is 214 Å². The zero-order valence-corrected chi connectivity index (χ0v) is 16.3. The van der Waals surface area contributed by atoms with Crippen LogP contribution >= 0.6 is 15.6 Å². The SMILES string of the molecule is Nc1ncnc2c1N1C[C@@H]1N2[C@]12C[O+]1[C@H](COP(=O)(O)OP(=O)(O)O)[C@@H](O)[C@H]2O. The number of hydrogen-bond donors (Lipinski definition) is 6. The summed E-state index contributed by atoms with van der Waals surface area (Å²) in [5, 5.41) is 21.2. The number of aliphatic hydroxyl groups excluding tert-OH is 2. The standard InChI is InChI=1S/C12H17N5O10P2/c13-10-7-11(15-4-14-10)17(6-1-16(6)7)12-3-27(12)5(8(18)9(12)19)2-25-29(23,24)26-28(20,21)22/h4-6,8-9,18-19H,1-3H2,(H4-,13,14,15,20,21,22,23,24)/p+1/t5-,6+,8-,9-,12-,16?/m1/s1. The molecule has 0 bridgehead atoms. The van der Waals surface area contributed by atoms with Gasteiger partial charge in [-0.1, -0.05) is 0 Å². The fourth-order valence-corrected chi connectivity index (χ4v) is 5.88. The van der Waals surface area contributed by atoms with Crippen molar-refractivity contribution >= 4 is 33.0 Å². The highest BCUT2D eigenvalue weighted by Gasteiger charge is 2.85. The Balaban J connectivity index is 1.37. The summed E-state index contributed by atoms with van der Waals surface area (Å²) < 4.78 is 33.5. The second kappa shape index (κ2) is 5.86. The largest absolute Gasteiger partial charge is 0.481 e. The van der Waals surface area contributed by atoms with Crippen molar-refractivity contribution in [3.63, 3.8) is 0 Å². The Hall–Kier alpha value is -1.38. The molecule has 0 amide bonds. The first-order valence-corrected chi connectivity index (χ1v) is 11.5. The third-order valence-corrected chi connectivity index (χ3v) is 7.66. The number of anilines is 3. The molecular formula is C12H18N5O10P2+. The van der Waals surface area contributed by atoms with Gasteiger partial charge in [0.15, 0.2) is 23.8 Å². The third-order valence-electron chi connectivity index (χ3n) is 5.51. The number of nitrogens with two attached hydrogens (primary N) is 1. The Morgan fingerprint density at radius 2 is 2.03 bits per heavy atom. The molecule has 3 fully saturated rings. The highest BCUT2D eigenvalue weighted by Crippen LogP contribution is 2.63. The Morgan fingerprint density at radius 1 is 1.31 bits per heavy atom. The molecule has 6 atom stereocenters. The summed E-state index contributed by atoms with van der Waals surface area (Å²) in [6.07, 6.45) is -2.53. The van der Waals surface area contributed by atoms with Gasteiger partial charge in [0.25, 0.3) is 0 Å². The molecule has 17 heteroatoms. The number of hydrogen-bond acceptors (Lipinski definition) is 11. The summed E-state index contributed by atoms with van der Waals surface area (Å²) in [7, 11) is -10.4. The van der Waals surface area contributed by atoms with Crippen molar-refractivity contribution in [1.82, 2.24) is 9.97 Å². The number of nitrogens with zero attached hydrogens (tertiary/aromatic N) is 4. The molecule has 0 radical (unpaired) electrons. The lowest BCUT2D eigenvalue weighted by atomic mass is 10.0. The predicted molar refractivity (Wildman–Crippen MR) is 93.4 cm³/mol. The molecular weight excluding hydrogens is 436 g/mol. The Morgan fingerprint density at radius 3 is 2.72 bits per heavy atom. The second-order valence-corrected chi connectivity index (χ2v) is 9.99. The van der Waals surface area contributed by atoms with E-state index in [0.29, 0.717) is 18.1 Å². The van der Waals surface area contributed by atoms with Crippen LogP contribution < -0.4 is 15.5 Å². The zero-order valence-electron chi connectivity index (χ0n) is 14.5. The first-order chi connectivity index (χ1) is 13.5. The number of aromatic nitrogens is 2. The molecule has 7 N–H and O–H groups in total. The summed E-state index contributed by atoms with van der Waals surface area (Å²) in [6, 6.07) is 0. The van der Waals surface area contributed by atoms with E-state index in [1.807, 2.05) is 9.80 Å². The fourth-order valence-electron chi connectivity index (χ4n) is 4.28. The van der Waals surface area contributed by atoms with E-state index in [1.165, 1.54) is 6.33 Å². The van der Waals surface area contributed by atoms with Crippen LogP contribution in [-0.4, -0.2) is 84.8 Å². The lowest BCUT2D eigenvalue weighted by molar-refractivity contribution is -0.0810. The monoisotopic (exact) mass is 454 g/mol. The number of nitrogen functional groups attached to an aromatic ring is 1. The molecule has 160 valence electrons. The predicted octanol–water partition coefficient (Wildman–Crippen LogP) is -2.38. The van der Waals surface area contributed by atoms with Gasteiger partial charge < -0.3 is 39.9 Å². The van der Waals surface area contributed by atoms with Crippen molar-refractivity contribution < 1.29 is 47.2 Å². The van der Waals surface area contributed by atoms with Crippen molar-refractivity contribution in [2.75, 3.05) is 35.3 Å². The van der Waals surface area contributed by atoms with E-state index < -0.39 is 46.3 Å². The quantitative estimate of drug-likeness (QED) is 0.150. The maximum Gasteiger partial charge on any atom is 0.481 e. The highest BCUT2D eigenvalue weighted by molar-refractivity contribution is 7.60. The molecule has 29 heavy (non-hydrogen) atoms. The maximum absolute atomic E-state index is 11.7. The smallest absolute Gasteiger partial charge is 0.382 e. The van der Waals surface area contributed by atoms with Crippen LogP contribution in [0.4, 0.5) is 17.3 Å². The maximum atomic E-state index is 11.7. The van der Waals surface area contributed by atoms with Gasteiger partial charge in [-0.25, -0.2) is 19.1 Å². The molecule has 5 rings (SSSR count). The van der Waals surface area contributed by atoms with Crippen molar-refractivity contribution in [2.45, 2.75) is 30.2 Å². The average molecular weight is 454 g/mol. The first-order valence-electron chi connectivity index (χ1n) is 8.43. The normalized spacial score (nSPS) is 37.1. The molecule has 0 aromatic carbocycles. The van der Waals surface area contributed by atoms with Crippen molar-refractivity contribution in [3.8, 4) is 0 Å². The summed E-state index contributed by atoms with van der Waals surface area (Å²) >= 11 is 0. The number of fused-ring (bicyclic) bond motifs is 4. The van der Waals surface area contributed by atoms with Crippen LogP contribution in [0.2, 0.25) is 0 Å². The molecule has 0 spiro atoms. The summed E-state index contributed by atoms with van der Waals surface area (Å²) in [5.74, 6) is 0.784. The Kier molecular flexibility index (Phi) is 3.95. The van der Waals surface area contributed by atoms with E-state index >= 15 is 0 Å². The van der Waals surface area contributed by atoms with Crippen LogP contribution in [0.5, 0.6) is 0 Å². The lowest BCUT2D eigenvalue weighted by Crippen LogP contribution is -2.51. The van der Waals surface area contributed by atoms with Gasteiger partial charge >= 0.3 is 21.4 Å². The average Bonchev–Trinajstić information content (AvgIpc) is 3.48. The number of epoxide rings is 1. The van der Waals surface area contributed by atoms with Gasteiger partial charge in [0, 0.05) is 0 Å².